The molecule has 0 saturated carbocycles. The van der Waals surface area contributed by atoms with Gasteiger partial charge in [0.1, 0.15) is 0 Å². The van der Waals surface area contributed by atoms with Crippen molar-refractivity contribution in [1.29, 1.82) is 0 Å². The summed E-state index contributed by atoms with van der Waals surface area (Å²) in [4.78, 5) is 0. The number of rotatable bonds is 3. The number of fused-ring (bicyclic) bond motifs is 2. The average molecular weight is 360 g/mol. The maximum Gasteiger partial charge on any atom is 0.494 e. The van der Waals surface area contributed by atoms with Gasteiger partial charge in [-0.25, -0.2) is 0 Å². The van der Waals surface area contributed by atoms with Crippen molar-refractivity contribution in [2.24, 2.45) is 0 Å². The van der Waals surface area contributed by atoms with Gasteiger partial charge in [0.05, 0.1) is 16.8 Å². The molecule has 1 N–H and O–H groups in total. The normalized spacial score (nSPS) is 36.0. The van der Waals surface area contributed by atoms with Gasteiger partial charge in [0.25, 0.3) is 0 Å². The summed E-state index contributed by atoms with van der Waals surface area (Å²) < 4.78 is 12.2. The second-order valence-electron chi connectivity index (χ2n) is 9.10. The molecule has 5 heteroatoms. The van der Waals surface area contributed by atoms with Crippen molar-refractivity contribution in [3.63, 3.8) is 0 Å². The van der Waals surface area contributed by atoms with E-state index in [1.54, 1.807) is 0 Å². The molecule has 2 atom stereocenters. The Hall–Kier alpha value is -0.485. The van der Waals surface area contributed by atoms with Crippen LogP contribution in [0.4, 0.5) is 0 Å². The van der Waals surface area contributed by atoms with Crippen LogP contribution < -0.4 is 5.46 Å². The predicted octanol–water partition coefficient (Wildman–Crippen LogP) is 3.32. The van der Waals surface area contributed by atoms with Gasteiger partial charge in [-0.2, -0.15) is 11.8 Å². The summed E-state index contributed by atoms with van der Waals surface area (Å²) in [7, 11) is -0.316. The van der Waals surface area contributed by atoms with Crippen LogP contribution in [-0.4, -0.2) is 39.5 Å². The van der Waals surface area contributed by atoms with E-state index >= 15 is 0 Å². The summed E-state index contributed by atoms with van der Waals surface area (Å²) in [6.07, 6.45) is 5.18. The monoisotopic (exact) mass is 360 g/mol. The lowest BCUT2D eigenvalue weighted by Crippen LogP contribution is -2.41. The lowest BCUT2D eigenvalue weighted by molar-refractivity contribution is 0.00578. The smallest absolute Gasteiger partial charge is 0.399 e. The highest BCUT2D eigenvalue weighted by Gasteiger charge is 2.51. The Balaban J connectivity index is 1.44. The summed E-state index contributed by atoms with van der Waals surface area (Å²) >= 11 is 2.09. The van der Waals surface area contributed by atoms with Crippen molar-refractivity contribution in [2.75, 3.05) is 0 Å². The molecule has 136 valence electrons. The highest BCUT2D eigenvalue weighted by molar-refractivity contribution is 8.00. The Bertz CT molecular complexity index is 615. The molecule has 3 nitrogen and oxygen atoms in total. The molecule has 3 aliphatic rings. The standard InChI is InChI=1S/C20H29BO3S/c1-18(2)19(3,4)24-21(23-18)15-7-5-14(6-8-15)11-20(22)12-16-9-10-17(13-20)25-16/h5-8,16-17,22H,9-13H2,1-4H3. The Kier molecular flexibility index (Phi) is 4.31. The Morgan fingerprint density at radius 1 is 1.00 bits per heavy atom. The molecule has 0 aromatic heterocycles. The molecule has 4 rings (SSSR count). The summed E-state index contributed by atoms with van der Waals surface area (Å²) in [5.74, 6) is 0. The Labute approximate surface area is 156 Å². The van der Waals surface area contributed by atoms with E-state index < -0.39 is 5.60 Å². The zero-order valence-corrected chi connectivity index (χ0v) is 16.6. The van der Waals surface area contributed by atoms with Crippen LogP contribution in [0.15, 0.2) is 24.3 Å². The van der Waals surface area contributed by atoms with Crippen molar-refractivity contribution in [3.8, 4) is 0 Å². The van der Waals surface area contributed by atoms with Gasteiger partial charge in [0.15, 0.2) is 0 Å². The van der Waals surface area contributed by atoms with Gasteiger partial charge in [-0.05, 0) is 64.4 Å². The fourth-order valence-corrected chi connectivity index (χ4v) is 6.21. The van der Waals surface area contributed by atoms with Crippen LogP contribution in [0, 0.1) is 0 Å². The summed E-state index contributed by atoms with van der Waals surface area (Å²) in [6.45, 7) is 8.30. The average Bonchev–Trinajstić information content (AvgIpc) is 2.96. The molecule has 25 heavy (non-hydrogen) atoms. The van der Waals surface area contributed by atoms with Gasteiger partial charge < -0.3 is 14.4 Å². The lowest BCUT2D eigenvalue weighted by Gasteiger charge is -2.36. The van der Waals surface area contributed by atoms with E-state index in [4.69, 9.17) is 9.31 Å². The zero-order chi connectivity index (χ0) is 17.9. The molecule has 3 heterocycles. The fraction of sp³-hybridized carbons (Fsp3) is 0.700. The van der Waals surface area contributed by atoms with Crippen LogP contribution in [0.1, 0.15) is 58.9 Å². The molecule has 0 amide bonds. The van der Waals surface area contributed by atoms with E-state index in [9.17, 15) is 5.11 Å². The number of benzene rings is 1. The van der Waals surface area contributed by atoms with E-state index in [0.29, 0.717) is 10.5 Å². The second kappa shape index (κ2) is 6.02. The fourth-order valence-electron chi connectivity index (χ4n) is 4.31. The second-order valence-corrected chi connectivity index (χ2v) is 10.7. The van der Waals surface area contributed by atoms with Crippen molar-refractivity contribution in [1.82, 2.24) is 0 Å². The quantitative estimate of drug-likeness (QED) is 0.840. The van der Waals surface area contributed by atoms with Crippen LogP contribution in [0.3, 0.4) is 0 Å². The molecular formula is C20H29BO3S. The van der Waals surface area contributed by atoms with Gasteiger partial charge in [-0.15, -0.1) is 0 Å². The molecule has 1 aromatic carbocycles. The molecular weight excluding hydrogens is 331 g/mol. The first-order valence-corrected chi connectivity index (χ1v) is 10.4. The van der Waals surface area contributed by atoms with Crippen molar-refractivity contribution in [2.45, 2.75) is 87.1 Å². The van der Waals surface area contributed by atoms with Gasteiger partial charge in [-0.1, -0.05) is 24.3 Å². The number of hydrogen-bond donors (Lipinski definition) is 1. The maximum atomic E-state index is 11.1. The highest BCUT2D eigenvalue weighted by atomic mass is 32.2. The predicted molar refractivity (Wildman–Crippen MR) is 104 cm³/mol. The van der Waals surface area contributed by atoms with Gasteiger partial charge in [0.2, 0.25) is 0 Å². The summed E-state index contributed by atoms with van der Waals surface area (Å²) in [5.41, 5.74) is 1.10. The van der Waals surface area contributed by atoms with Crippen molar-refractivity contribution < 1.29 is 14.4 Å². The molecule has 0 aliphatic carbocycles. The minimum atomic E-state index is -0.525. The van der Waals surface area contributed by atoms with Crippen molar-refractivity contribution >= 4 is 24.3 Å². The van der Waals surface area contributed by atoms with Crippen LogP contribution in [0.5, 0.6) is 0 Å². The molecule has 2 unspecified atom stereocenters. The van der Waals surface area contributed by atoms with Gasteiger partial charge >= 0.3 is 7.12 Å². The van der Waals surface area contributed by atoms with E-state index in [2.05, 4.69) is 63.7 Å². The molecule has 0 spiro atoms. The Morgan fingerprint density at radius 2 is 1.52 bits per heavy atom. The number of thioether (sulfide) groups is 1. The highest BCUT2D eigenvalue weighted by Crippen LogP contribution is 2.48. The SMILES string of the molecule is CC1(C)OB(c2ccc(CC3(O)CC4CCC(C3)S4)cc2)OC1(C)C. The first-order chi connectivity index (χ1) is 11.7. The minimum absolute atomic E-state index is 0.315. The Morgan fingerprint density at radius 3 is 2.04 bits per heavy atom. The molecule has 3 aliphatic heterocycles. The largest absolute Gasteiger partial charge is 0.494 e. The van der Waals surface area contributed by atoms with Crippen LogP contribution in [-0.2, 0) is 15.7 Å². The topological polar surface area (TPSA) is 38.7 Å². The third-order valence-corrected chi connectivity index (χ3v) is 8.02. The molecule has 1 aromatic rings. The van der Waals surface area contributed by atoms with Gasteiger partial charge in [-0.3, -0.25) is 0 Å². The van der Waals surface area contributed by atoms with Crippen LogP contribution in [0.2, 0.25) is 0 Å². The first-order valence-electron chi connectivity index (χ1n) is 9.48. The van der Waals surface area contributed by atoms with E-state index in [1.165, 1.54) is 18.4 Å². The summed E-state index contributed by atoms with van der Waals surface area (Å²) in [6, 6.07) is 8.43. The molecule has 0 radical (unpaired) electrons. The first kappa shape index (κ1) is 17.9. The van der Waals surface area contributed by atoms with E-state index in [0.717, 1.165) is 24.7 Å². The number of aliphatic hydroxyl groups is 1. The van der Waals surface area contributed by atoms with E-state index in [1.807, 2.05) is 0 Å². The third kappa shape index (κ3) is 3.41. The third-order valence-electron chi connectivity index (χ3n) is 6.45. The zero-order valence-electron chi connectivity index (χ0n) is 15.7. The maximum absolute atomic E-state index is 11.1. The van der Waals surface area contributed by atoms with E-state index in [-0.39, 0.29) is 18.3 Å². The van der Waals surface area contributed by atoms with Crippen molar-refractivity contribution in [3.05, 3.63) is 29.8 Å². The molecule has 3 saturated heterocycles. The number of hydrogen-bond acceptors (Lipinski definition) is 4. The summed E-state index contributed by atoms with van der Waals surface area (Å²) in [5, 5.41) is 12.4. The minimum Gasteiger partial charge on any atom is -0.399 e. The lowest BCUT2D eigenvalue weighted by atomic mass is 9.78. The van der Waals surface area contributed by atoms with Crippen LogP contribution in [0.25, 0.3) is 0 Å². The molecule has 3 fully saturated rings. The molecule has 2 bridgehead atoms. The van der Waals surface area contributed by atoms with Crippen LogP contribution >= 0.6 is 11.8 Å². The van der Waals surface area contributed by atoms with Gasteiger partial charge in [0, 0.05) is 16.9 Å².